The summed E-state index contributed by atoms with van der Waals surface area (Å²) >= 11 is 6.24. The number of carbonyl (C=O) groups excluding carboxylic acids is 1. The molecule has 5 nitrogen and oxygen atoms in total. The van der Waals surface area contributed by atoms with Crippen LogP contribution in [0.4, 0.5) is 0 Å². The zero-order valence-corrected chi connectivity index (χ0v) is 16.2. The van der Waals surface area contributed by atoms with Gasteiger partial charge in [0, 0.05) is 12.6 Å². The van der Waals surface area contributed by atoms with Gasteiger partial charge in [0.1, 0.15) is 13.2 Å². The number of ether oxygens (including phenoxy) is 2. The third-order valence-corrected chi connectivity index (χ3v) is 4.39. The maximum Gasteiger partial charge on any atom is 0.244 e. The summed E-state index contributed by atoms with van der Waals surface area (Å²) in [6, 6.07) is 13.4. The lowest BCUT2D eigenvalue weighted by Gasteiger charge is -2.22. The fourth-order valence-electron chi connectivity index (χ4n) is 2.90. The lowest BCUT2D eigenvalue weighted by Crippen LogP contribution is -2.34. The van der Waals surface area contributed by atoms with Gasteiger partial charge < -0.3 is 19.7 Å². The van der Waals surface area contributed by atoms with E-state index in [1.807, 2.05) is 55.4 Å². The Balaban J connectivity index is 1.71. The first-order valence-corrected chi connectivity index (χ1v) is 9.18. The number of hydrogen-bond donors (Lipinski definition) is 1. The van der Waals surface area contributed by atoms with Gasteiger partial charge >= 0.3 is 0 Å². The van der Waals surface area contributed by atoms with Crippen molar-refractivity contribution in [2.45, 2.75) is 6.04 Å². The van der Waals surface area contributed by atoms with E-state index < -0.39 is 0 Å². The molecule has 1 aliphatic heterocycles. The molecule has 27 heavy (non-hydrogen) atoms. The van der Waals surface area contributed by atoms with Crippen molar-refractivity contribution >= 4 is 23.6 Å². The van der Waals surface area contributed by atoms with Crippen molar-refractivity contribution in [1.82, 2.24) is 10.2 Å². The number of nitrogens with zero attached hydrogens (tertiary/aromatic N) is 1. The molecule has 1 heterocycles. The van der Waals surface area contributed by atoms with Gasteiger partial charge in [0.25, 0.3) is 0 Å². The molecule has 2 aromatic rings. The highest BCUT2D eigenvalue weighted by Gasteiger charge is 2.17. The molecule has 142 valence electrons. The van der Waals surface area contributed by atoms with Gasteiger partial charge in [0.05, 0.1) is 11.1 Å². The molecule has 1 N–H and O–H groups in total. The van der Waals surface area contributed by atoms with Crippen LogP contribution in [0.2, 0.25) is 5.02 Å². The van der Waals surface area contributed by atoms with Crippen LogP contribution in [0.15, 0.2) is 48.5 Å². The lowest BCUT2D eigenvalue weighted by molar-refractivity contribution is -0.117. The Morgan fingerprint density at radius 1 is 1.22 bits per heavy atom. The predicted molar refractivity (Wildman–Crippen MR) is 107 cm³/mol. The molecule has 1 atom stereocenters. The summed E-state index contributed by atoms with van der Waals surface area (Å²) in [4.78, 5) is 14.5. The average molecular weight is 387 g/mol. The molecule has 1 unspecified atom stereocenters. The van der Waals surface area contributed by atoms with Crippen LogP contribution in [0.25, 0.3) is 6.08 Å². The van der Waals surface area contributed by atoms with Crippen molar-refractivity contribution in [1.29, 1.82) is 0 Å². The van der Waals surface area contributed by atoms with E-state index in [1.165, 1.54) is 6.08 Å². The Hall–Kier alpha value is -2.50. The Kier molecular flexibility index (Phi) is 6.37. The van der Waals surface area contributed by atoms with E-state index in [2.05, 4.69) is 5.32 Å². The summed E-state index contributed by atoms with van der Waals surface area (Å²) in [5.74, 6) is 0.986. The van der Waals surface area contributed by atoms with Gasteiger partial charge in [-0.15, -0.1) is 0 Å². The fourth-order valence-corrected chi connectivity index (χ4v) is 3.18. The molecule has 0 fully saturated rings. The van der Waals surface area contributed by atoms with Crippen LogP contribution in [0.1, 0.15) is 17.2 Å². The van der Waals surface area contributed by atoms with Crippen molar-refractivity contribution in [3.63, 3.8) is 0 Å². The molecule has 1 aliphatic rings. The lowest BCUT2D eigenvalue weighted by atomic mass is 10.1. The molecule has 0 radical (unpaired) electrons. The van der Waals surface area contributed by atoms with Gasteiger partial charge in [0.15, 0.2) is 11.5 Å². The zero-order valence-electron chi connectivity index (χ0n) is 15.4. The third kappa shape index (κ3) is 5.25. The highest BCUT2D eigenvalue weighted by atomic mass is 35.5. The Labute approximate surface area is 164 Å². The van der Waals surface area contributed by atoms with Crippen LogP contribution in [0.3, 0.4) is 0 Å². The molecular formula is C21H23ClN2O3. The molecule has 0 aliphatic carbocycles. The minimum Gasteiger partial charge on any atom is -0.486 e. The van der Waals surface area contributed by atoms with E-state index >= 15 is 0 Å². The highest BCUT2D eigenvalue weighted by molar-refractivity contribution is 6.32. The Morgan fingerprint density at radius 2 is 1.96 bits per heavy atom. The van der Waals surface area contributed by atoms with Crippen molar-refractivity contribution < 1.29 is 14.3 Å². The van der Waals surface area contributed by atoms with E-state index in [1.54, 1.807) is 12.1 Å². The zero-order chi connectivity index (χ0) is 19.2. The second-order valence-electron chi connectivity index (χ2n) is 6.59. The largest absolute Gasteiger partial charge is 0.486 e. The molecule has 2 aromatic carbocycles. The van der Waals surface area contributed by atoms with E-state index in [0.717, 1.165) is 11.1 Å². The molecule has 6 heteroatoms. The number of rotatable bonds is 6. The normalized spacial score (nSPS) is 14.4. The Bertz CT molecular complexity index is 822. The predicted octanol–water partition coefficient (Wildman–Crippen LogP) is 3.54. The molecule has 1 amide bonds. The summed E-state index contributed by atoms with van der Waals surface area (Å²) in [5.41, 5.74) is 1.85. The first-order valence-electron chi connectivity index (χ1n) is 8.80. The molecule has 0 bridgehead atoms. The van der Waals surface area contributed by atoms with Crippen LogP contribution >= 0.6 is 11.6 Å². The summed E-state index contributed by atoms with van der Waals surface area (Å²) in [7, 11) is 3.96. The molecule has 0 saturated heterocycles. The molecule has 0 saturated carbocycles. The van der Waals surface area contributed by atoms with Gasteiger partial charge in [-0.05, 0) is 43.4 Å². The summed E-state index contributed by atoms with van der Waals surface area (Å²) in [6.07, 6.45) is 3.23. The number of halogens is 1. The second kappa shape index (κ2) is 8.93. The van der Waals surface area contributed by atoms with Crippen LogP contribution in [-0.2, 0) is 4.79 Å². The van der Waals surface area contributed by atoms with E-state index in [4.69, 9.17) is 21.1 Å². The van der Waals surface area contributed by atoms with Gasteiger partial charge in [-0.25, -0.2) is 0 Å². The number of benzene rings is 2. The number of fused-ring (bicyclic) bond motifs is 1. The SMILES string of the molecule is CN(C)CC(NC(=O)/C=C/c1cc(Cl)c2c(c1)OCCO2)c1ccccc1. The summed E-state index contributed by atoms with van der Waals surface area (Å²) in [5, 5.41) is 3.53. The monoisotopic (exact) mass is 386 g/mol. The quantitative estimate of drug-likeness (QED) is 0.771. The topological polar surface area (TPSA) is 50.8 Å². The maximum atomic E-state index is 12.4. The number of hydrogen-bond acceptors (Lipinski definition) is 4. The summed E-state index contributed by atoms with van der Waals surface area (Å²) in [6.45, 7) is 1.68. The standard InChI is InChI=1S/C21H23ClN2O3/c1-24(2)14-18(16-6-4-3-5-7-16)23-20(25)9-8-15-12-17(22)21-19(13-15)26-10-11-27-21/h3-9,12-13,18H,10-11,14H2,1-2H3,(H,23,25)/b9-8+. The second-order valence-corrected chi connectivity index (χ2v) is 7.00. The average Bonchev–Trinajstić information content (AvgIpc) is 2.66. The minimum atomic E-state index is -0.170. The third-order valence-electron chi connectivity index (χ3n) is 4.11. The molecule has 3 rings (SSSR count). The van der Waals surface area contributed by atoms with Crippen molar-refractivity contribution in [3.05, 3.63) is 64.7 Å². The summed E-state index contributed by atoms with van der Waals surface area (Å²) < 4.78 is 11.1. The molecule has 0 aromatic heterocycles. The van der Waals surface area contributed by atoms with Crippen LogP contribution in [-0.4, -0.2) is 44.7 Å². The highest BCUT2D eigenvalue weighted by Crippen LogP contribution is 2.38. The number of amides is 1. The van der Waals surface area contributed by atoms with Gasteiger partial charge in [-0.2, -0.15) is 0 Å². The molecule has 0 spiro atoms. The first-order chi connectivity index (χ1) is 13.0. The minimum absolute atomic E-state index is 0.0952. The van der Waals surface area contributed by atoms with Crippen molar-refractivity contribution in [3.8, 4) is 11.5 Å². The van der Waals surface area contributed by atoms with Crippen LogP contribution < -0.4 is 14.8 Å². The van der Waals surface area contributed by atoms with Crippen LogP contribution in [0, 0.1) is 0 Å². The van der Waals surface area contributed by atoms with Crippen molar-refractivity contribution in [2.24, 2.45) is 0 Å². The van der Waals surface area contributed by atoms with Gasteiger partial charge in [0.2, 0.25) is 5.91 Å². The fraction of sp³-hybridized carbons (Fsp3) is 0.286. The smallest absolute Gasteiger partial charge is 0.244 e. The van der Waals surface area contributed by atoms with E-state index in [9.17, 15) is 4.79 Å². The Morgan fingerprint density at radius 3 is 2.70 bits per heavy atom. The number of carbonyl (C=O) groups is 1. The van der Waals surface area contributed by atoms with Gasteiger partial charge in [-0.1, -0.05) is 41.9 Å². The van der Waals surface area contributed by atoms with E-state index in [-0.39, 0.29) is 11.9 Å². The number of likely N-dealkylation sites (N-methyl/N-ethyl adjacent to an activating group) is 1. The van der Waals surface area contributed by atoms with Gasteiger partial charge in [-0.3, -0.25) is 4.79 Å². The number of nitrogens with one attached hydrogen (secondary N) is 1. The maximum absolute atomic E-state index is 12.4. The van der Waals surface area contributed by atoms with Crippen LogP contribution in [0.5, 0.6) is 11.5 Å². The van der Waals surface area contributed by atoms with Crippen molar-refractivity contribution in [2.75, 3.05) is 33.9 Å². The first kappa shape index (κ1) is 19.3. The van der Waals surface area contributed by atoms with E-state index in [0.29, 0.717) is 36.3 Å². The molecular weight excluding hydrogens is 364 g/mol.